The molecule has 5 bridgehead atoms. The molecule has 4 aliphatic carbocycles. The highest BCUT2D eigenvalue weighted by Crippen LogP contribution is 2.80. The summed E-state index contributed by atoms with van der Waals surface area (Å²) in [6.45, 7) is 28.9. The van der Waals surface area contributed by atoms with Crippen molar-refractivity contribution >= 4 is 14.2 Å². The summed E-state index contributed by atoms with van der Waals surface area (Å²) in [7, 11) is -2.60. The molecule has 7 saturated heterocycles. The van der Waals surface area contributed by atoms with E-state index in [0.717, 1.165) is 43.2 Å². The van der Waals surface area contributed by atoms with E-state index in [1.165, 1.54) is 0 Å². The molecule has 1 spiro atoms. The number of nitrogens with zero attached hydrogens (tertiary/aromatic N) is 2. The van der Waals surface area contributed by atoms with Gasteiger partial charge in [-0.2, -0.15) is 5.06 Å². The van der Waals surface area contributed by atoms with Crippen LogP contribution in [-0.2, 0) is 59.8 Å². The first kappa shape index (κ1) is 54.2. The fraction of sp³-hybridized carbons (Fsp3) is 0.703. The number of hydroxylamine groups is 2. The zero-order chi connectivity index (χ0) is 54.8. The van der Waals surface area contributed by atoms with Gasteiger partial charge in [0.2, 0.25) is 5.91 Å². The molecule has 1 amide bonds. The molecule has 7 heterocycles. The Morgan fingerprint density at radius 3 is 2.13 bits per heavy atom. The van der Waals surface area contributed by atoms with Crippen LogP contribution in [0.25, 0.3) is 0 Å². The van der Waals surface area contributed by atoms with Gasteiger partial charge in [0.15, 0.2) is 14.6 Å². The van der Waals surface area contributed by atoms with Crippen LogP contribution in [0.3, 0.4) is 0 Å². The van der Waals surface area contributed by atoms with Crippen molar-refractivity contribution in [3.8, 4) is 0 Å². The number of amides is 1. The topological polar surface area (TPSA) is 127 Å². The van der Waals surface area contributed by atoms with Crippen LogP contribution in [0.2, 0.25) is 18.1 Å². The number of rotatable bonds is 11. The van der Waals surface area contributed by atoms with E-state index < -0.39 is 97.0 Å². The Bertz CT molecular complexity index is 2710. The average molecular weight is 1090 g/mol. The number of benzene rings is 3. The van der Waals surface area contributed by atoms with E-state index >= 15 is 4.79 Å². The lowest BCUT2D eigenvalue weighted by molar-refractivity contribution is -0.591. The van der Waals surface area contributed by atoms with Crippen molar-refractivity contribution in [1.82, 2.24) is 9.96 Å². The zero-order valence-electron chi connectivity index (χ0n) is 48.4. The third-order valence-electron chi connectivity index (χ3n) is 22.5. The van der Waals surface area contributed by atoms with Crippen molar-refractivity contribution < 1.29 is 52.3 Å². The standard InChI is InChI=1S/C64H88N2O11Si/c1-39-29-30-45-61(10)47-46(55(68)65(45)36-39)43-35-62-53-52(72-64(76-62,42-27-20-15-21-28-42)77-63(43,53)54(67)51(47)71-56(73-61)41-25-18-14-19-26-41)50(74-66-58(5,6)32-22-33-59(66,7)8)48-49(75-78(11,12)57(2,3)4)44(31-34-60(48,62)9)70-38-69-37-40-23-16-13-17-24-40/h13-21,23-28,39,43-54,56,67H,22,29-38H2,1-12H3/t39-,43-,44-,45-,46-,47+,48-,49-,50-,51+,52+,53+,54-,56-,60-,61+,62+,63-,64?/m0/s1. The van der Waals surface area contributed by atoms with Crippen molar-refractivity contribution in [3.63, 3.8) is 0 Å². The molecule has 0 radical (unpaired) electrons. The van der Waals surface area contributed by atoms with Crippen LogP contribution in [0.5, 0.6) is 0 Å². The lowest BCUT2D eigenvalue weighted by atomic mass is 9.45. The van der Waals surface area contributed by atoms with Crippen LogP contribution in [0.15, 0.2) is 91.0 Å². The number of aliphatic hydroxyl groups excluding tert-OH is 1. The second-order valence-corrected chi connectivity index (χ2v) is 33.7. The van der Waals surface area contributed by atoms with Crippen molar-refractivity contribution in [2.24, 2.45) is 40.9 Å². The molecular weight excluding hydrogens is 1000 g/mol. The summed E-state index contributed by atoms with van der Waals surface area (Å²) in [5.74, 6) is -3.94. The molecule has 78 heavy (non-hydrogen) atoms. The molecule has 1 unspecified atom stereocenters. The number of aliphatic hydroxyl groups is 1. The normalized spacial score (nSPS) is 45.0. The van der Waals surface area contributed by atoms with Gasteiger partial charge in [-0.25, -0.2) is 0 Å². The Morgan fingerprint density at radius 2 is 1.45 bits per heavy atom. The molecule has 11 aliphatic rings. The van der Waals surface area contributed by atoms with Gasteiger partial charge >= 0.3 is 5.97 Å². The van der Waals surface area contributed by atoms with Crippen LogP contribution in [0.4, 0.5) is 0 Å². The van der Waals surface area contributed by atoms with Crippen molar-refractivity contribution in [3.05, 3.63) is 108 Å². The number of hydrogen-bond donors (Lipinski definition) is 1. The Labute approximate surface area is 464 Å². The van der Waals surface area contributed by atoms with Gasteiger partial charge in [0.05, 0.1) is 54.0 Å². The molecule has 4 saturated carbocycles. The van der Waals surface area contributed by atoms with E-state index in [1.54, 1.807) is 0 Å². The molecule has 14 heteroatoms. The van der Waals surface area contributed by atoms with Crippen LogP contribution in [0.1, 0.15) is 144 Å². The lowest BCUT2D eigenvalue weighted by Crippen LogP contribution is -2.87. The smallest absolute Gasteiger partial charge is 0.313 e. The number of fused-ring (bicyclic) bond motifs is 4. The summed E-state index contributed by atoms with van der Waals surface area (Å²) in [6, 6.07) is 30.2. The fourth-order valence-corrected chi connectivity index (χ4v) is 19.4. The highest BCUT2D eigenvalue weighted by atomic mass is 28.4. The van der Waals surface area contributed by atoms with Gasteiger partial charge in [0.25, 0.3) is 0 Å². The quantitative estimate of drug-likeness (QED) is 0.112. The lowest BCUT2D eigenvalue weighted by Gasteiger charge is -2.75. The number of carbonyl (C=O) groups excluding carboxylic acids is 1. The second kappa shape index (κ2) is 18.5. The summed E-state index contributed by atoms with van der Waals surface area (Å²) in [5, 5.41) is 16.5. The Hall–Kier alpha value is -3.09. The summed E-state index contributed by atoms with van der Waals surface area (Å²) in [4.78, 5) is 26.6. The SMILES string of the molecule is C[C@H]1CC[C@@H]2N(C1)C(=O)[C@@H]1[C@@H]3[C@@H](O[C@H](c4ccccc4)O[C@@]32C)[C@H](O)[C@]23OC4(c5ccccc5)O[C@@H]5[C@@H](ON6C(C)(C)CCCC6(C)C)[C@@H]6[C@@H](O[Si](C)(C)C(C)(C)C)[C@@H](OCOCc7ccccc7)CC[C@]6(C)[C@](C[C@@H]12)(O4)[C@@H]53. The van der Waals surface area contributed by atoms with Gasteiger partial charge in [0.1, 0.15) is 30.7 Å². The number of carbonyl (C=O) groups is 1. The number of ether oxygens (including phenoxy) is 7. The highest BCUT2D eigenvalue weighted by Gasteiger charge is 2.91. The minimum atomic E-state index is -2.60. The van der Waals surface area contributed by atoms with Crippen LogP contribution in [0, 0.1) is 40.9 Å². The first-order valence-corrected chi connectivity index (χ1v) is 32.7. The molecule has 19 atom stereocenters. The number of piperidine rings is 3. The predicted octanol–water partition coefficient (Wildman–Crippen LogP) is 11.2. The zero-order valence-corrected chi connectivity index (χ0v) is 49.4. The van der Waals surface area contributed by atoms with Crippen LogP contribution in [-0.4, -0.2) is 113 Å². The first-order chi connectivity index (χ1) is 36.9. The second-order valence-electron chi connectivity index (χ2n) is 28.9. The van der Waals surface area contributed by atoms with Crippen molar-refractivity contribution in [2.75, 3.05) is 13.3 Å². The van der Waals surface area contributed by atoms with E-state index in [4.69, 9.17) is 42.4 Å². The molecule has 11 fully saturated rings. The van der Waals surface area contributed by atoms with Crippen molar-refractivity contribution in [2.45, 2.75) is 228 Å². The summed E-state index contributed by atoms with van der Waals surface area (Å²) < 4.78 is 60.0. The average Bonchev–Trinajstić information content (AvgIpc) is 1.91. The van der Waals surface area contributed by atoms with Crippen LogP contribution >= 0.6 is 0 Å². The van der Waals surface area contributed by atoms with Crippen molar-refractivity contribution in [1.29, 1.82) is 0 Å². The maximum Gasteiger partial charge on any atom is 0.313 e. The molecule has 1 N–H and O–H groups in total. The van der Waals surface area contributed by atoms with E-state index in [9.17, 15) is 5.11 Å². The van der Waals surface area contributed by atoms with E-state index in [0.29, 0.717) is 43.9 Å². The monoisotopic (exact) mass is 1090 g/mol. The predicted molar refractivity (Wildman–Crippen MR) is 295 cm³/mol. The van der Waals surface area contributed by atoms with Gasteiger partial charge < -0.3 is 47.6 Å². The Balaban J connectivity index is 1.02. The fourth-order valence-electron chi connectivity index (χ4n) is 18.1. The number of hydrogen-bond acceptors (Lipinski definition) is 12. The summed E-state index contributed by atoms with van der Waals surface area (Å²) in [6.07, 6.45) is 1.52. The molecule has 3 aromatic carbocycles. The van der Waals surface area contributed by atoms with E-state index in [-0.39, 0.29) is 46.9 Å². The van der Waals surface area contributed by atoms with Gasteiger partial charge in [0, 0.05) is 51.9 Å². The highest BCUT2D eigenvalue weighted by molar-refractivity contribution is 6.74. The molecule has 3 aromatic rings. The summed E-state index contributed by atoms with van der Waals surface area (Å²) in [5.41, 5.74) is -2.06. The minimum absolute atomic E-state index is 0.0953. The van der Waals surface area contributed by atoms with Gasteiger partial charge in [-0.3, -0.25) is 9.63 Å². The summed E-state index contributed by atoms with van der Waals surface area (Å²) >= 11 is 0. The molecule has 0 aromatic heterocycles. The molecule has 13 nitrogen and oxygen atoms in total. The largest absolute Gasteiger partial charge is 0.411 e. The molecule has 14 rings (SSSR count). The van der Waals surface area contributed by atoms with E-state index in [2.05, 4.69) is 104 Å². The Morgan fingerprint density at radius 1 is 0.782 bits per heavy atom. The maximum absolute atomic E-state index is 16.3. The molecule has 7 aliphatic heterocycles. The third kappa shape index (κ3) is 7.72. The molecular formula is C64H88N2O11Si. The van der Waals surface area contributed by atoms with Crippen LogP contribution < -0.4 is 0 Å². The van der Waals surface area contributed by atoms with Gasteiger partial charge in [-0.1, -0.05) is 126 Å². The molecule has 424 valence electrons. The first-order valence-electron chi connectivity index (χ1n) is 29.8. The third-order valence-corrected chi connectivity index (χ3v) is 27.0. The van der Waals surface area contributed by atoms with Gasteiger partial charge in [-0.05, 0) is 116 Å². The van der Waals surface area contributed by atoms with E-state index in [1.807, 2.05) is 78.9 Å². The maximum atomic E-state index is 16.3. The minimum Gasteiger partial charge on any atom is -0.411 e. The Kier molecular flexibility index (Phi) is 12.8. The van der Waals surface area contributed by atoms with Gasteiger partial charge in [-0.15, -0.1) is 0 Å².